The molecule has 0 unspecified atom stereocenters. The summed E-state index contributed by atoms with van der Waals surface area (Å²) in [5.41, 5.74) is 0.683. The van der Waals surface area contributed by atoms with E-state index < -0.39 is 11.8 Å². The second kappa shape index (κ2) is 5.48. The molecule has 1 aliphatic rings. The van der Waals surface area contributed by atoms with E-state index >= 15 is 0 Å². The zero-order valence-corrected chi connectivity index (χ0v) is 12.1. The molecule has 21 heavy (non-hydrogen) atoms. The summed E-state index contributed by atoms with van der Waals surface area (Å²) in [6.07, 6.45) is 1.88. The number of rotatable bonds is 4. The monoisotopic (exact) mass is 309 g/mol. The topological polar surface area (TPSA) is 52.3 Å². The van der Waals surface area contributed by atoms with Crippen molar-refractivity contribution < 1.29 is 18.3 Å². The van der Waals surface area contributed by atoms with Crippen LogP contribution in [0.3, 0.4) is 0 Å². The van der Waals surface area contributed by atoms with Crippen LogP contribution >= 0.6 is 11.6 Å². The molecule has 0 spiro atoms. The van der Waals surface area contributed by atoms with Gasteiger partial charge in [-0.3, -0.25) is 0 Å². The lowest BCUT2D eigenvalue weighted by Crippen LogP contribution is -2.05. The lowest BCUT2D eigenvalue weighted by molar-refractivity contribution is 0.0489. The number of halogens is 2. The summed E-state index contributed by atoms with van der Waals surface area (Å²) in [5.74, 6) is -0.878. The SMILES string of the molecule is CCOC(=O)c1oc(-c2cccc(Cl)c2F)nc1C1CC1. The quantitative estimate of drug-likeness (QED) is 0.795. The van der Waals surface area contributed by atoms with Crippen molar-refractivity contribution in [2.75, 3.05) is 6.61 Å². The molecule has 0 atom stereocenters. The van der Waals surface area contributed by atoms with Crippen LogP contribution in [0.1, 0.15) is 41.9 Å². The van der Waals surface area contributed by atoms with Crippen molar-refractivity contribution in [2.24, 2.45) is 0 Å². The van der Waals surface area contributed by atoms with Gasteiger partial charge in [0.25, 0.3) is 0 Å². The van der Waals surface area contributed by atoms with E-state index in [1.807, 2.05) is 0 Å². The first-order valence-corrected chi connectivity index (χ1v) is 7.11. The third kappa shape index (κ3) is 2.65. The molecule has 1 aromatic carbocycles. The van der Waals surface area contributed by atoms with Crippen LogP contribution in [0, 0.1) is 5.82 Å². The third-order valence-electron chi connectivity index (χ3n) is 3.26. The predicted molar refractivity (Wildman–Crippen MR) is 74.8 cm³/mol. The van der Waals surface area contributed by atoms with Crippen molar-refractivity contribution in [3.05, 3.63) is 40.5 Å². The molecule has 0 amide bonds. The highest BCUT2D eigenvalue weighted by atomic mass is 35.5. The van der Waals surface area contributed by atoms with Crippen molar-refractivity contribution in [1.82, 2.24) is 4.98 Å². The number of carbonyl (C=O) groups excluding carboxylic acids is 1. The first-order valence-electron chi connectivity index (χ1n) is 6.74. The van der Waals surface area contributed by atoms with Crippen LogP contribution in [0.2, 0.25) is 5.02 Å². The molecule has 2 aromatic rings. The van der Waals surface area contributed by atoms with Gasteiger partial charge < -0.3 is 9.15 Å². The van der Waals surface area contributed by atoms with Gasteiger partial charge in [0.15, 0.2) is 5.82 Å². The number of hydrogen-bond acceptors (Lipinski definition) is 4. The highest BCUT2D eigenvalue weighted by Gasteiger charge is 2.34. The molecular formula is C15H13ClFNO3. The Labute approximate surface area is 125 Å². The minimum atomic E-state index is -0.613. The Bertz CT molecular complexity index is 694. The normalized spacial score (nSPS) is 14.2. The molecule has 0 radical (unpaired) electrons. The molecule has 6 heteroatoms. The summed E-state index contributed by atoms with van der Waals surface area (Å²) in [7, 11) is 0. The van der Waals surface area contributed by atoms with E-state index in [0.717, 1.165) is 12.8 Å². The Kier molecular flexibility index (Phi) is 3.68. The van der Waals surface area contributed by atoms with Crippen LogP contribution < -0.4 is 0 Å². The lowest BCUT2D eigenvalue weighted by atomic mass is 10.2. The van der Waals surface area contributed by atoms with E-state index in [0.29, 0.717) is 5.69 Å². The van der Waals surface area contributed by atoms with Gasteiger partial charge >= 0.3 is 5.97 Å². The van der Waals surface area contributed by atoms with Gasteiger partial charge in [0.2, 0.25) is 11.7 Å². The van der Waals surface area contributed by atoms with Crippen molar-refractivity contribution in [3.63, 3.8) is 0 Å². The Morgan fingerprint density at radius 3 is 2.95 bits per heavy atom. The van der Waals surface area contributed by atoms with Gasteiger partial charge in [0.05, 0.1) is 22.9 Å². The molecule has 1 aliphatic carbocycles. The molecule has 1 aromatic heterocycles. The van der Waals surface area contributed by atoms with E-state index in [1.165, 1.54) is 12.1 Å². The van der Waals surface area contributed by atoms with Crippen LogP contribution in [-0.2, 0) is 4.74 Å². The van der Waals surface area contributed by atoms with E-state index in [2.05, 4.69) is 4.98 Å². The summed E-state index contributed by atoms with van der Waals surface area (Å²) < 4.78 is 24.5. The maximum Gasteiger partial charge on any atom is 0.376 e. The Morgan fingerprint density at radius 2 is 2.29 bits per heavy atom. The Morgan fingerprint density at radius 1 is 1.52 bits per heavy atom. The highest BCUT2D eigenvalue weighted by molar-refractivity contribution is 6.31. The maximum absolute atomic E-state index is 14.0. The van der Waals surface area contributed by atoms with Crippen LogP contribution in [0.5, 0.6) is 0 Å². The number of carbonyl (C=O) groups is 1. The fourth-order valence-electron chi connectivity index (χ4n) is 2.09. The molecule has 0 N–H and O–H groups in total. The van der Waals surface area contributed by atoms with Crippen LogP contribution in [0.15, 0.2) is 22.6 Å². The van der Waals surface area contributed by atoms with Gasteiger partial charge in [0.1, 0.15) is 0 Å². The number of nitrogens with zero attached hydrogens (tertiary/aromatic N) is 1. The van der Waals surface area contributed by atoms with Gasteiger partial charge in [0, 0.05) is 5.92 Å². The summed E-state index contributed by atoms with van der Waals surface area (Å²) in [6.45, 7) is 1.95. The molecule has 0 bridgehead atoms. The number of aromatic nitrogens is 1. The smallest absolute Gasteiger partial charge is 0.376 e. The minimum absolute atomic E-state index is 0.0173. The molecule has 0 aliphatic heterocycles. The predicted octanol–water partition coefficient (Wildman–Crippen LogP) is 4.19. The number of benzene rings is 1. The van der Waals surface area contributed by atoms with Gasteiger partial charge in [-0.25, -0.2) is 14.2 Å². The number of hydrogen-bond donors (Lipinski definition) is 0. The lowest BCUT2D eigenvalue weighted by Gasteiger charge is -2.00. The van der Waals surface area contributed by atoms with Crippen LogP contribution in [-0.4, -0.2) is 17.6 Å². The molecule has 4 nitrogen and oxygen atoms in total. The second-order valence-corrected chi connectivity index (χ2v) is 5.24. The van der Waals surface area contributed by atoms with E-state index in [-0.39, 0.29) is 34.8 Å². The summed E-state index contributed by atoms with van der Waals surface area (Å²) in [4.78, 5) is 16.2. The zero-order valence-electron chi connectivity index (χ0n) is 11.4. The summed E-state index contributed by atoms with van der Waals surface area (Å²) in [5, 5.41) is -0.0173. The van der Waals surface area contributed by atoms with Gasteiger partial charge in [-0.15, -0.1) is 0 Å². The fourth-order valence-corrected chi connectivity index (χ4v) is 2.27. The number of esters is 1. The molecule has 110 valence electrons. The minimum Gasteiger partial charge on any atom is -0.460 e. The highest BCUT2D eigenvalue weighted by Crippen LogP contribution is 2.43. The fraction of sp³-hybridized carbons (Fsp3) is 0.333. The van der Waals surface area contributed by atoms with Gasteiger partial charge in [-0.05, 0) is 31.9 Å². The van der Waals surface area contributed by atoms with E-state index in [4.69, 9.17) is 20.8 Å². The van der Waals surface area contributed by atoms with Crippen molar-refractivity contribution in [1.29, 1.82) is 0 Å². The molecule has 1 heterocycles. The van der Waals surface area contributed by atoms with Crippen molar-refractivity contribution >= 4 is 17.6 Å². The van der Waals surface area contributed by atoms with Gasteiger partial charge in [-0.1, -0.05) is 17.7 Å². The van der Waals surface area contributed by atoms with E-state index in [9.17, 15) is 9.18 Å². The molecule has 3 rings (SSSR count). The number of ether oxygens (including phenoxy) is 1. The molecule has 0 saturated heterocycles. The number of oxazole rings is 1. The van der Waals surface area contributed by atoms with Crippen LogP contribution in [0.25, 0.3) is 11.5 Å². The largest absolute Gasteiger partial charge is 0.460 e. The zero-order chi connectivity index (χ0) is 15.0. The molecular weight excluding hydrogens is 297 g/mol. The van der Waals surface area contributed by atoms with E-state index in [1.54, 1.807) is 13.0 Å². The third-order valence-corrected chi connectivity index (χ3v) is 3.55. The molecule has 1 fully saturated rings. The standard InChI is InChI=1S/C15H13ClFNO3/c1-2-20-15(19)13-12(8-6-7-8)18-14(21-13)9-4-3-5-10(16)11(9)17/h3-5,8H,2,6-7H2,1H3. The first kappa shape index (κ1) is 14.1. The summed E-state index contributed by atoms with van der Waals surface area (Å²) >= 11 is 5.76. The van der Waals surface area contributed by atoms with Gasteiger partial charge in [-0.2, -0.15) is 0 Å². The molecule has 1 saturated carbocycles. The first-order chi connectivity index (χ1) is 10.1. The Balaban J connectivity index is 2.06. The van der Waals surface area contributed by atoms with Crippen LogP contribution in [0.4, 0.5) is 4.39 Å². The van der Waals surface area contributed by atoms with Crippen molar-refractivity contribution in [2.45, 2.75) is 25.7 Å². The average molecular weight is 310 g/mol. The second-order valence-electron chi connectivity index (χ2n) is 4.83. The average Bonchev–Trinajstić information content (AvgIpc) is 3.21. The Hall–Kier alpha value is -1.88. The summed E-state index contributed by atoms with van der Waals surface area (Å²) in [6, 6.07) is 4.56. The van der Waals surface area contributed by atoms with Crippen molar-refractivity contribution in [3.8, 4) is 11.5 Å². The maximum atomic E-state index is 14.0.